The lowest BCUT2D eigenvalue weighted by Gasteiger charge is -2.29. The van der Waals surface area contributed by atoms with Crippen molar-refractivity contribution >= 4 is 23.2 Å². The van der Waals surface area contributed by atoms with Crippen LogP contribution in [0.5, 0.6) is 5.75 Å². The van der Waals surface area contributed by atoms with Gasteiger partial charge in [-0.3, -0.25) is 9.59 Å². The largest absolute Gasteiger partial charge is 0.482 e. The maximum absolute atomic E-state index is 13.1. The molecule has 0 fully saturated rings. The average molecular weight is 314 g/mol. The van der Waals surface area contributed by atoms with E-state index in [4.69, 9.17) is 4.74 Å². The van der Waals surface area contributed by atoms with Crippen LogP contribution in [0.2, 0.25) is 0 Å². The Labute approximate surface area is 132 Å². The van der Waals surface area contributed by atoms with Crippen LogP contribution in [-0.2, 0) is 9.59 Å². The van der Waals surface area contributed by atoms with Crippen molar-refractivity contribution in [2.75, 3.05) is 23.4 Å². The summed E-state index contributed by atoms with van der Waals surface area (Å²) in [6.45, 7) is 0.197. The lowest BCUT2D eigenvalue weighted by Crippen LogP contribution is -2.40. The van der Waals surface area contributed by atoms with E-state index < -0.39 is 5.82 Å². The molecule has 2 aromatic rings. The fraction of sp³-hybridized carbons (Fsp3) is 0.176. The van der Waals surface area contributed by atoms with Gasteiger partial charge >= 0.3 is 0 Å². The van der Waals surface area contributed by atoms with E-state index in [1.54, 1.807) is 24.3 Å². The molecule has 118 valence electrons. The maximum Gasteiger partial charge on any atom is 0.265 e. The van der Waals surface area contributed by atoms with Crippen molar-refractivity contribution in [3.05, 3.63) is 54.3 Å². The van der Waals surface area contributed by atoms with E-state index >= 15 is 0 Å². The predicted octanol–water partition coefficient (Wildman–Crippen LogP) is 2.58. The zero-order valence-corrected chi connectivity index (χ0v) is 12.3. The molecule has 1 aliphatic heterocycles. The topological polar surface area (TPSA) is 58.6 Å². The second kappa shape index (κ2) is 6.48. The Kier molecular flexibility index (Phi) is 4.23. The van der Waals surface area contributed by atoms with Gasteiger partial charge in [0.15, 0.2) is 6.61 Å². The van der Waals surface area contributed by atoms with Crippen LogP contribution < -0.4 is 15.0 Å². The summed E-state index contributed by atoms with van der Waals surface area (Å²) < 4.78 is 18.4. The summed E-state index contributed by atoms with van der Waals surface area (Å²) in [4.78, 5) is 25.5. The minimum Gasteiger partial charge on any atom is -0.482 e. The molecule has 1 N–H and O–H groups in total. The summed E-state index contributed by atoms with van der Waals surface area (Å²) >= 11 is 0. The molecule has 1 aliphatic rings. The molecule has 0 aromatic heterocycles. The van der Waals surface area contributed by atoms with Gasteiger partial charge in [-0.15, -0.1) is 0 Å². The van der Waals surface area contributed by atoms with Gasteiger partial charge in [0.25, 0.3) is 5.91 Å². The summed E-state index contributed by atoms with van der Waals surface area (Å²) in [5, 5.41) is 2.61. The number of benzene rings is 2. The summed E-state index contributed by atoms with van der Waals surface area (Å²) in [6, 6.07) is 12.9. The molecule has 3 rings (SSSR count). The highest BCUT2D eigenvalue weighted by atomic mass is 19.1. The number of amides is 2. The van der Waals surface area contributed by atoms with Gasteiger partial charge in [0.1, 0.15) is 11.6 Å². The van der Waals surface area contributed by atoms with Crippen molar-refractivity contribution in [1.29, 1.82) is 0 Å². The Balaban J connectivity index is 1.64. The summed E-state index contributed by atoms with van der Waals surface area (Å²) in [5.41, 5.74) is 1.05. The molecule has 0 aliphatic carbocycles. The van der Waals surface area contributed by atoms with Gasteiger partial charge < -0.3 is 15.0 Å². The number of hydrogen-bond donors (Lipinski definition) is 1. The van der Waals surface area contributed by atoms with E-state index in [0.717, 1.165) is 0 Å². The molecule has 2 aromatic carbocycles. The molecule has 0 saturated carbocycles. The molecule has 2 amide bonds. The molecular formula is C17H15FN2O3. The number of nitrogens with one attached hydrogen (secondary N) is 1. The maximum atomic E-state index is 13.1. The Morgan fingerprint density at radius 1 is 1.22 bits per heavy atom. The zero-order chi connectivity index (χ0) is 16.2. The van der Waals surface area contributed by atoms with Crippen molar-refractivity contribution < 1.29 is 18.7 Å². The van der Waals surface area contributed by atoms with Gasteiger partial charge in [-0.05, 0) is 30.3 Å². The second-order valence-electron chi connectivity index (χ2n) is 5.11. The Morgan fingerprint density at radius 2 is 2.04 bits per heavy atom. The van der Waals surface area contributed by atoms with Crippen LogP contribution in [0.1, 0.15) is 6.42 Å². The first kappa shape index (κ1) is 15.0. The molecule has 0 radical (unpaired) electrons. The lowest BCUT2D eigenvalue weighted by atomic mass is 10.2. The third-order valence-corrected chi connectivity index (χ3v) is 3.48. The molecule has 0 bridgehead atoms. The first-order chi connectivity index (χ1) is 11.1. The van der Waals surface area contributed by atoms with Crippen molar-refractivity contribution in [2.24, 2.45) is 0 Å². The van der Waals surface area contributed by atoms with E-state index in [-0.39, 0.29) is 31.4 Å². The number of carbonyl (C=O) groups is 2. The van der Waals surface area contributed by atoms with E-state index in [0.29, 0.717) is 17.1 Å². The van der Waals surface area contributed by atoms with Crippen LogP contribution in [0.3, 0.4) is 0 Å². The molecule has 23 heavy (non-hydrogen) atoms. The normalized spacial score (nSPS) is 13.3. The highest BCUT2D eigenvalue weighted by molar-refractivity contribution is 5.99. The van der Waals surface area contributed by atoms with Gasteiger partial charge in [0.2, 0.25) is 5.91 Å². The molecule has 0 atom stereocenters. The third-order valence-electron chi connectivity index (χ3n) is 3.48. The second-order valence-corrected chi connectivity index (χ2v) is 5.11. The van der Waals surface area contributed by atoms with Crippen molar-refractivity contribution in [2.45, 2.75) is 6.42 Å². The van der Waals surface area contributed by atoms with E-state index in [2.05, 4.69) is 5.32 Å². The van der Waals surface area contributed by atoms with Crippen LogP contribution in [-0.4, -0.2) is 25.0 Å². The number of fused-ring (bicyclic) bond motifs is 1. The van der Waals surface area contributed by atoms with Gasteiger partial charge in [0.05, 0.1) is 5.69 Å². The predicted molar refractivity (Wildman–Crippen MR) is 83.9 cm³/mol. The van der Waals surface area contributed by atoms with Gasteiger partial charge in [0, 0.05) is 18.7 Å². The molecule has 1 heterocycles. The molecule has 6 heteroatoms. The number of para-hydroxylation sites is 2. The fourth-order valence-electron chi connectivity index (χ4n) is 2.40. The highest BCUT2D eigenvalue weighted by Crippen LogP contribution is 2.31. The van der Waals surface area contributed by atoms with Crippen LogP contribution >= 0.6 is 0 Å². The molecule has 0 unspecified atom stereocenters. The number of nitrogens with zero attached hydrogens (tertiary/aromatic N) is 1. The quantitative estimate of drug-likeness (QED) is 0.943. The Hall–Kier alpha value is -2.89. The SMILES string of the molecule is O=C(CCN1C(=O)COc2ccccc21)Nc1cccc(F)c1. The van der Waals surface area contributed by atoms with Crippen LogP contribution in [0.25, 0.3) is 0 Å². The minimum absolute atomic E-state index is 0.0392. The fourth-order valence-corrected chi connectivity index (χ4v) is 2.40. The first-order valence-electron chi connectivity index (χ1n) is 7.21. The minimum atomic E-state index is -0.417. The van der Waals surface area contributed by atoms with Crippen molar-refractivity contribution in [3.63, 3.8) is 0 Å². The van der Waals surface area contributed by atoms with Crippen molar-refractivity contribution in [3.8, 4) is 5.75 Å². The highest BCUT2D eigenvalue weighted by Gasteiger charge is 2.25. The van der Waals surface area contributed by atoms with Crippen molar-refractivity contribution in [1.82, 2.24) is 0 Å². The summed E-state index contributed by atoms with van der Waals surface area (Å²) in [5.74, 6) is -0.271. The van der Waals surface area contributed by atoms with Crippen LogP contribution in [0.4, 0.5) is 15.8 Å². The van der Waals surface area contributed by atoms with Gasteiger partial charge in [-0.25, -0.2) is 4.39 Å². The van der Waals surface area contributed by atoms with E-state index in [1.165, 1.54) is 23.1 Å². The first-order valence-corrected chi connectivity index (χ1v) is 7.21. The van der Waals surface area contributed by atoms with E-state index in [1.807, 2.05) is 6.07 Å². The molecule has 0 spiro atoms. The lowest BCUT2D eigenvalue weighted by molar-refractivity contribution is -0.121. The number of hydrogen-bond acceptors (Lipinski definition) is 3. The smallest absolute Gasteiger partial charge is 0.265 e. The molecule has 0 saturated heterocycles. The van der Waals surface area contributed by atoms with Crippen LogP contribution in [0.15, 0.2) is 48.5 Å². The molecular weight excluding hydrogens is 299 g/mol. The number of rotatable bonds is 4. The Morgan fingerprint density at radius 3 is 2.87 bits per heavy atom. The third kappa shape index (κ3) is 3.48. The summed E-state index contributed by atoms with van der Waals surface area (Å²) in [6.07, 6.45) is 0.108. The summed E-state index contributed by atoms with van der Waals surface area (Å²) in [7, 11) is 0. The average Bonchev–Trinajstić information content (AvgIpc) is 2.54. The number of anilines is 2. The van der Waals surface area contributed by atoms with Crippen LogP contribution in [0, 0.1) is 5.82 Å². The van der Waals surface area contributed by atoms with E-state index in [9.17, 15) is 14.0 Å². The number of ether oxygens (including phenoxy) is 1. The van der Waals surface area contributed by atoms with Gasteiger partial charge in [-0.1, -0.05) is 18.2 Å². The zero-order valence-electron chi connectivity index (χ0n) is 12.3. The Bertz CT molecular complexity index is 748. The standard InChI is InChI=1S/C17H15FN2O3/c18-12-4-3-5-13(10-12)19-16(21)8-9-20-14-6-1-2-7-15(14)23-11-17(20)22/h1-7,10H,8-9,11H2,(H,19,21). The number of carbonyl (C=O) groups excluding carboxylic acids is 2. The monoisotopic (exact) mass is 314 g/mol. The van der Waals surface area contributed by atoms with Gasteiger partial charge in [-0.2, -0.15) is 0 Å². The molecule has 5 nitrogen and oxygen atoms in total. The number of halogens is 1.